The van der Waals surface area contributed by atoms with E-state index in [1.54, 1.807) is 0 Å². The predicted octanol–water partition coefficient (Wildman–Crippen LogP) is 1.82. The first kappa shape index (κ1) is 12.9. The van der Waals surface area contributed by atoms with Crippen LogP contribution in [0.5, 0.6) is 0 Å². The molecule has 0 amide bonds. The van der Waals surface area contributed by atoms with Gasteiger partial charge in [0.15, 0.2) is 0 Å². The molecule has 1 atom stereocenters. The fraction of sp³-hybridized carbons (Fsp3) is 0.462. The lowest BCUT2D eigenvalue weighted by atomic mass is 10.0. The zero-order chi connectivity index (χ0) is 13.0. The molecule has 0 saturated carbocycles. The van der Waals surface area contributed by atoms with E-state index in [4.69, 9.17) is 0 Å². The van der Waals surface area contributed by atoms with Crippen molar-refractivity contribution in [2.24, 2.45) is 0 Å². The van der Waals surface area contributed by atoms with Gasteiger partial charge in [-0.25, -0.2) is 8.78 Å². The third-order valence-electron chi connectivity index (χ3n) is 3.14. The molecule has 0 aromatic heterocycles. The third kappa shape index (κ3) is 2.66. The molecule has 0 radical (unpaired) electrons. The van der Waals surface area contributed by atoms with Gasteiger partial charge < -0.3 is 5.32 Å². The molecule has 5 heteroatoms. The number of benzene rings is 1. The van der Waals surface area contributed by atoms with Crippen LogP contribution in [0.1, 0.15) is 18.0 Å². The van der Waals surface area contributed by atoms with Crippen molar-refractivity contribution in [3.05, 3.63) is 35.4 Å². The molecule has 2 rings (SSSR count). The van der Waals surface area contributed by atoms with E-state index < -0.39 is 17.7 Å². The Labute approximate surface area is 105 Å². The zero-order valence-electron chi connectivity index (χ0n) is 10.00. The van der Waals surface area contributed by atoms with Gasteiger partial charge in [0.25, 0.3) is 0 Å². The van der Waals surface area contributed by atoms with E-state index in [1.807, 2.05) is 11.0 Å². The Morgan fingerprint density at radius 2 is 1.94 bits per heavy atom. The summed E-state index contributed by atoms with van der Waals surface area (Å²) in [5.74, 6) is -1.31. The highest BCUT2D eigenvalue weighted by Gasteiger charge is 2.26. The van der Waals surface area contributed by atoms with E-state index in [0.717, 1.165) is 19.5 Å². The molecule has 1 aromatic carbocycles. The Balaban J connectivity index is 2.30. The van der Waals surface area contributed by atoms with Crippen LogP contribution in [0, 0.1) is 23.0 Å². The van der Waals surface area contributed by atoms with Crippen LogP contribution < -0.4 is 5.32 Å². The summed E-state index contributed by atoms with van der Waals surface area (Å²) in [7, 11) is 0. The first-order valence-corrected chi connectivity index (χ1v) is 6.02. The summed E-state index contributed by atoms with van der Waals surface area (Å²) in [6.07, 6.45) is 0.869. The van der Waals surface area contributed by atoms with Gasteiger partial charge in [-0.2, -0.15) is 5.26 Å². The summed E-state index contributed by atoms with van der Waals surface area (Å²) < 4.78 is 27.4. The monoisotopic (exact) mass is 251 g/mol. The molecule has 0 spiro atoms. The lowest BCUT2D eigenvalue weighted by molar-refractivity contribution is 0.243. The molecule has 1 aromatic rings. The molecular formula is C13H15F2N3. The second kappa shape index (κ2) is 5.89. The number of halogens is 2. The fourth-order valence-electron chi connectivity index (χ4n) is 2.23. The highest BCUT2D eigenvalue weighted by Crippen LogP contribution is 2.25. The highest BCUT2D eigenvalue weighted by molar-refractivity contribution is 5.27. The van der Waals surface area contributed by atoms with E-state index in [0.29, 0.717) is 13.1 Å². The number of nitriles is 1. The van der Waals surface area contributed by atoms with Gasteiger partial charge in [-0.3, -0.25) is 4.90 Å². The van der Waals surface area contributed by atoms with Crippen LogP contribution in [-0.2, 0) is 0 Å². The van der Waals surface area contributed by atoms with Crippen LogP contribution in [0.25, 0.3) is 0 Å². The van der Waals surface area contributed by atoms with Crippen molar-refractivity contribution in [3.8, 4) is 6.07 Å². The van der Waals surface area contributed by atoms with Gasteiger partial charge in [-0.05, 0) is 25.1 Å². The molecule has 0 bridgehead atoms. The SMILES string of the molecule is N#CC(c1c(F)cccc1F)N1CCCNCC1. The third-order valence-corrected chi connectivity index (χ3v) is 3.14. The van der Waals surface area contributed by atoms with E-state index >= 15 is 0 Å². The molecule has 0 aliphatic carbocycles. The van der Waals surface area contributed by atoms with Crippen LogP contribution in [0.3, 0.4) is 0 Å². The topological polar surface area (TPSA) is 39.1 Å². The lowest BCUT2D eigenvalue weighted by Crippen LogP contribution is -2.32. The Morgan fingerprint density at radius 1 is 1.22 bits per heavy atom. The lowest BCUT2D eigenvalue weighted by Gasteiger charge is -2.25. The predicted molar refractivity (Wildman–Crippen MR) is 63.8 cm³/mol. The van der Waals surface area contributed by atoms with Crippen molar-refractivity contribution in [2.75, 3.05) is 26.2 Å². The highest BCUT2D eigenvalue weighted by atomic mass is 19.1. The summed E-state index contributed by atoms with van der Waals surface area (Å²) in [4.78, 5) is 1.82. The zero-order valence-corrected chi connectivity index (χ0v) is 10.00. The van der Waals surface area contributed by atoms with Gasteiger partial charge in [-0.15, -0.1) is 0 Å². The van der Waals surface area contributed by atoms with E-state index in [1.165, 1.54) is 18.2 Å². The summed E-state index contributed by atoms with van der Waals surface area (Å²) in [5.41, 5.74) is -0.137. The molecular weight excluding hydrogens is 236 g/mol. The minimum Gasteiger partial charge on any atom is -0.315 e. The standard InChI is InChI=1S/C13H15F2N3/c14-10-3-1-4-11(15)13(10)12(9-16)18-7-2-5-17-6-8-18/h1,3-4,12,17H,2,5-8H2. The van der Waals surface area contributed by atoms with Crippen molar-refractivity contribution < 1.29 is 8.78 Å². The quantitative estimate of drug-likeness (QED) is 0.871. The van der Waals surface area contributed by atoms with E-state index in [2.05, 4.69) is 5.32 Å². The average molecular weight is 251 g/mol. The summed E-state index contributed by atoms with van der Waals surface area (Å²) in [6.45, 7) is 2.88. The molecule has 1 aliphatic rings. The summed E-state index contributed by atoms with van der Waals surface area (Å²) in [6, 6.07) is 4.86. The van der Waals surface area contributed by atoms with Gasteiger partial charge in [0, 0.05) is 19.6 Å². The number of nitrogens with zero attached hydrogens (tertiary/aromatic N) is 2. The first-order valence-electron chi connectivity index (χ1n) is 6.02. The Morgan fingerprint density at radius 3 is 2.61 bits per heavy atom. The second-order valence-corrected chi connectivity index (χ2v) is 4.31. The van der Waals surface area contributed by atoms with Gasteiger partial charge in [0.2, 0.25) is 0 Å². The summed E-state index contributed by atoms with van der Waals surface area (Å²) in [5, 5.41) is 12.4. The molecule has 1 N–H and O–H groups in total. The van der Waals surface area contributed by atoms with E-state index in [-0.39, 0.29) is 5.56 Å². The van der Waals surface area contributed by atoms with Crippen LogP contribution in [0.15, 0.2) is 18.2 Å². The Kier molecular flexibility index (Phi) is 4.24. The fourth-order valence-corrected chi connectivity index (χ4v) is 2.23. The Bertz CT molecular complexity index is 428. The van der Waals surface area contributed by atoms with Crippen LogP contribution in [0.4, 0.5) is 8.78 Å². The van der Waals surface area contributed by atoms with Crippen molar-refractivity contribution >= 4 is 0 Å². The molecule has 3 nitrogen and oxygen atoms in total. The minimum atomic E-state index is -0.855. The number of hydrogen-bond donors (Lipinski definition) is 1. The number of hydrogen-bond acceptors (Lipinski definition) is 3. The molecule has 18 heavy (non-hydrogen) atoms. The van der Waals surface area contributed by atoms with E-state index in [9.17, 15) is 14.0 Å². The maximum absolute atomic E-state index is 13.7. The van der Waals surface area contributed by atoms with Crippen LogP contribution in [-0.4, -0.2) is 31.1 Å². The molecule has 1 saturated heterocycles. The minimum absolute atomic E-state index is 0.137. The van der Waals surface area contributed by atoms with Gasteiger partial charge in [-0.1, -0.05) is 6.07 Å². The Hall–Kier alpha value is -1.51. The van der Waals surface area contributed by atoms with Crippen molar-refractivity contribution in [3.63, 3.8) is 0 Å². The van der Waals surface area contributed by atoms with Gasteiger partial charge in [0.05, 0.1) is 11.6 Å². The first-order chi connectivity index (χ1) is 8.74. The van der Waals surface area contributed by atoms with Gasteiger partial charge >= 0.3 is 0 Å². The van der Waals surface area contributed by atoms with Gasteiger partial charge in [0.1, 0.15) is 17.7 Å². The van der Waals surface area contributed by atoms with Crippen LogP contribution >= 0.6 is 0 Å². The normalized spacial score (nSPS) is 18.9. The maximum Gasteiger partial charge on any atom is 0.132 e. The molecule has 1 heterocycles. The van der Waals surface area contributed by atoms with Crippen LogP contribution in [0.2, 0.25) is 0 Å². The summed E-state index contributed by atoms with van der Waals surface area (Å²) >= 11 is 0. The second-order valence-electron chi connectivity index (χ2n) is 4.31. The number of rotatable bonds is 2. The molecule has 96 valence electrons. The largest absolute Gasteiger partial charge is 0.315 e. The molecule has 1 fully saturated rings. The smallest absolute Gasteiger partial charge is 0.132 e. The van der Waals surface area contributed by atoms with Crippen molar-refractivity contribution in [1.29, 1.82) is 5.26 Å². The molecule has 1 unspecified atom stereocenters. The number of nitrogens with one attached hydrogen (secondary N) is 1. The molecule has 1 aliphatic heterocycles. The average Bonchev–Trinajstić information content (AvgIpc) is 2.63. The maximum atomic E-state index is 13.7. The van der Waals surface area contributed by atoms with Crippen molar-refractivity contribution in [1.82, 2.24) is 10.2 Å². The van der Waals surface area contributed by atoms with Crippen molar-refractivity contribution in [2.45, 2.75) is 12.5 Å².